The summed E-state index contributed by atoms with van der Waals surface area (Å²) < 4.78 is 85.7. The number of rotatable bonds is 8. The Labute approximate surface area is 257 Å². The number of carbonyl (C=O) groups is 2. The van der Waals surface area contributed by atoms with Gasteiger partial charge in [0.25, 0.3) is 0 Å². The summed E-state index contributed by atoms with van der Waals surface area (Å²) in [5.74, 6) is -10.5. The number of nitrogens with zero attached hydrogens (tertiary/aromatic N) is 2. The third-order valence-corrected chi connectivity index (χ3v) is 10.6. The van der Waals surface area contributed by atoms with Crippen molar-refractivity contribution in [3.05, 3.63) is 88.0 Å². The van der Waals surface area contributed by atoms with Crippen molar-refractivity contribution in [1.29, 1.82) is 0 Å². The SMILES string of the molecule is Cc1c(F)c(F)c(F)c(S(=O)(=O)N2CCC[C@H]2C(=O)N(Cc2ccc(C3CCCCC3)cc2)c2ccc(C(=O)O)c(O)c2)c1F. The van der Waals surface area contributed by atoms with Gasteiger partial charge in [-0.2, -0.15) is 4.31 Å². The van der Waals surface area contributed by atoms with Crippen LogP contribution < -0.4 is 4.90 Å². The highest BCUT2D eigenvalue weighted by Gasteiger charge is 2.45. The molecule has 0 bridgehead atoms. The van der Waals surface area contributed by atoms with Gasteiger partial charge in [0, 0.05) is 23.9 Å². The molecular formula is C32H32F4N2O6S. The second-order valence-electron chi connectivity index (χ2n) is 11.5. The molecule has 2 N–H and O–H groups in total. The van der Waals surface area contributed by atoms with E-state index in [1.807, 2.05) is 24.3 Å². The van der Waals surface area contributed by atoms with Gasteiger partial charge in [0.05, 0.1) is 6.54 Å². The van der Waals surface area contributed by atoms with Crippen molar-refractivity contribution >= 4 is 27.6 Å². The lowest BCUT2D eigenvalue weighted by Crippen LogP contribution is -2.48. The van der Waals surface area contributed by atoms with E-state index in [0.717, 1.165) is 55.2 Å². The molecule has 1 heterocycles. The first-order valence-electron chi connectivity index (χ1n) is 14.6. The van der Waals surface area contributed by atoms with E-state index in [4.69, 9.17) is 0 Å². The van der Waals surface area contributed by atoms with Gasteiger partial charge in [-0.1, -0.05) is 43.5 Å². The van der Waals surface area contributed by atoms with E-state index in [0.29, 0.717) is 15.8 Å². The number of aromatic carboxylic acids is 1. The predicted octanol–water partition coefficient (Wildman–Crippen LogP) is 6.39. The summed E-state index contributed by atoms with van der Waals surface area (Å²) in [4.78, 5) is 25.1. The van der Waals surface area contributed by atoms with Gasteiger partial charge in [0.15, 0.2) is 28.2 Å². The topological polar surface area (TPSA) is 115 Å². The zero-order valence-corrected chi connectivity index (χ0v) is 25.2. The van der Waals surface area contributed by atoms with Gasteiger partial charge in [-0.05, 0) is 61.8 Å². The van der Waals surface area contributed by atoms with E-state index >= 15 is 0 Å². The van der Waals surface area contributed by atoms with Crippen molar-refractivity contribution in [2.45, 2.75) is 75.3 Å². The minimum atomic E-state index is -5.19. The van der Waals surface area contributed by atoms with Crippen LogP contribution in [0.5, 0.6) is 5.75 Å². The minimum Gasteiger partial charge on any atom is -0.507 e. The van der Waals surface area contributed by atoms with Crippen molar-refractivity contribution < 1.29 is 45.8 Å². The number of hydrogen-bond donors (Lipinski definition) is 2. The van der Waals surface area contributed by atoms with Gasteiger partial charge >= 0.3 is 5.97 Å². The maximum atomic E-state index is 15.0. The number of phenols is 1. The smallest absolute Gasteiger partial charge is 0.339 e. The Balaban J connectivity index is 1.52. The van der Waals surface area contributed by atoms with Crippen LogP contribution in [0.3, 0.4) is 0 Å². The lowest BCUT2D eigenvalue weighted by Gasteiger charge is -2.31. The molecule has 1 aliphatic heterocycles. The van der Waals surface area contributed by atoms with Crippen LogP contribution in [-0.2, 0) is 21.4 Å². The first kappa shape index (κ1) is 32.4. The van der Waals surface area contributed by atoms with Gasteiger partial charge in [-0.3, -0.25) is 4.79 Å². The van der Waals surface area contributed by atoms with Crippen LogP contribution in [-0.4, -0.2) is 47.4 Å². The van der Waals surface area contributed by atoms with Gasteiger partial charge in [0.2, 0.25) is 15.9 Å². The third-order valence-electron chi connectivity index (χ3n) is 8.68. The number of halogens is 4. The van der Waals surface area contributed by atoms with Crippen LogP contribution in [0.15, 0.2) is 47.4 Å². The molecule has 45 heavy (non-hydrogen) atoms. The molecule has 0 unspecified atom stereocenters. The largest absolute Gasteiger partial charge is 0.507 e. The van der Waals surface area contributed by atoms with Crippen LogP contribution in [0.25, 0.3) is 0 Å². The number of carboxylic acid groups (broad SMARTS) is 1. The molecule has 240 valence electrons. The summed E-state index contributed by atoms with van der Waals surface area (Å²) in [6.45, 7) is 0.323. The third kappa shape index (κ3) is 6.15. The quantitative estimate of drug-likeness (QED) is 0.166. The van der Waals surface area contributed by atoms with Crippen LogP contribution >= 0.6 is 0 Å². The monoisotopic (exact) mass is 648 g/mol. The second-order valence-corrected chi connectivity index (χ2v) is 13.3. The highest BCUT2D eigenvalue weighted by Crippen LogP contribution is 2.36. The Bertz CT molecular complexity index is 1710. The lowest BCUT2D eigenvalue weighted by atomic mass is 9.84. The first-order chi connectivity index (χ1) is 21.3. The first-order valence-corrected chi connectivity index (χ1v) is 16.1. The lowest BCUT2D eigenvalue weighted by molar-refractivity contribution is -0.121. The van der Waals surface area contributed by atoms with Gasteiger partial charge < -0.3 is 15.1 Å². The Kier molecular flexibility index (Phi) is 9.22. The Hall–Kier alpha value is -3.97. The molecule has 2 aliphatic rings. The fourth-order valence-corrected chi connectivity index (χ4v) is 8.03. The standard InChI is InChI=1S/C32H32F4N2O6S/c1-18-26(33)28(35)29(36)30(27(18)34)45(43,44)38-15-5-8-24(38)31(40)37(22-13-14-23(32(41)42)25(39)16-22)17-19-9-11-21(12-10-19)20-6-3-2-4-7-20/h9-14,16,20,24,39H,2-8,15,17H2,1H3,(H,41,42)/t24-/m0/s1. The summed E-state index contributed by atoms with van der Waals surface area (Å²) >= 11 is 0. The molecule has 0 aromatic heterocycles. The highest BCUT2D eigenvalue weighted by molar-refractivity contribution is 7.89. The molecule has 8 nitrogen and oxygen atoms in total. The molecule has 3 aromatic rings. The number of benzene rings is 3. The molecule has 1 saturated heterocycles. The average Bonchev–Trinajstić information content (AvgIpc) is 3.53. The van der Waals surface area contributed by atoms with Crippen molar-refractivity contribution in [3.8, 4) is 5.75 Å². The Morgan fingerprint density at radius 2 is 1.56 bits per heavy atom. The van der Waals surface area contributed by atoms with Crippen LogP contribution in [0, 0.1) is 30.2 Å². The molecule has 1 aliphatic carbocycles. The van der Waals surface area contributed by atoms with Crippen molar-refractivity contribution in [2.24, 2.45) is 0 Å². The predicted molar refractivity (Wildman–Crippen MR) is 156 cm³/mol. The highest BCUT2D eigenvalue weighted by atomic mass is 32.2. The maximum Gasteiger partial charge on any atom is 0.339 e. The number of carboxylic acids is 1. The molecule has 0 spiro atoms. The number of aromatic hydroxyl groups is 1. The molecule has 3 aromatic carbocycles. The summed E-state index contributed by atoms with van der Waals surface area (Å²) in [7, 11) is -5.19. The van der Waals surface area contributed by atoms with E-state index in [2.05, 4.69) is 0 Å². The molecule has 1 amide bonds. The Morgan fingerprint density at radius 3 is 2.18 bits per heavy atom. The number of anilines is 1. The van der Waals surface area contributed by atoms with Crippen LogP contribution in [0.4, 0.5) is 23.2 Å². The van der Waals surface area contributed by atoms with Gasteiger partial charge in [-0.15, -0.1) is 0 Å². The molecule has 1 saturated carbocycles. The van der Waals surface area contributed by atoms with Crippen LogP contribution in [0.1, 0.15) is 77.9 Å². The minimum absolute atomic E-state index is 0.0455. The number of hydrogen-bond acceptors (Lipinski definition) is 5. The average molecular weight is 649 g/mol. The van der Waals surface area contributed by atoms with E-state index in [1.54, 1.807) is 0 Å². The van der Waals surface area contributed by atoms with E-state index in [-0.39, 0.29) is 31.6 Å². The molecule has 2 fully saturated rings. The van der Waals surface area contributed by atoms with E-state index in [9.17, 15) is 45.8 Å². The fraction of sp³-hybridized carbons (Fsp3) is 0.375. The van der Waals surface area contributed by atoms with E-state index in [1.165, 1.54) is 12.5 Å². The number of amides is 1. The number of carbonyl (C=O) groups excluding carboxylic acids is 1. The van der Waals surface area contributed by atoms with Gasteiger partial charge in [0.1, 0.15) is 17.4 Å². The summed E-state index contributed by atoms with van der Waals surface area (Å²) in [6.07, 6.45) is 5.69. The zero-order chi connectivity index (χ0) is 32.6. The molecule has 0 radical (unpaired) electrons. The summed E-state index contributed by atoms with van der Waals surface area (Å²) in [5, 5.41) is 19.7. The summed E-state index contributed by atoms with van der Waals surface area (Å²) in [6, 6.07) is 9.51. The normalized spacial score (nSPS) is 17.8. The number of sulfonamides is 1. The van der Waals surface area contributed by atoms with Crippen molar-refractivity contribution in [3.63, 3.8) is 0 Å². The summed E-state index contributed by atoms with van der Waals surface area (Å²) in [5.41, 5.74) is 0.392. The molecule has 13 heteroatoms. The maximum absolute atomic E-state index is 15.0. The molecular weight excluding hydrogens is 616 g/mol. The van der Waals surface area contributed by atoms with Crippen LogP contribution in [0.2, 0.25) is 0 Å². The molecule has 5 rings (SSSR count). The van der Waals surface area contributed by atoms with Crippen molar-refractivity contribution in [2.75, 3.05) is 11.4 Å². The fourth-order valence-electron chi connectivity index (χ4n) is 6.20. The second kappa shape index (κ2) is 12.8. The van der Waals surface area contributed by atoms with Gasteiger partial charge in [-0.25, -0.2) is 30.8 Å². The van der Waals surface area contributed by atoms with E-state index < -0.39 is 73.0 Å². The Morgan fingerprint density at radius 1 is 0.889 bits per heavy atom. The zero-order valence-electron chi connectivity index (χ0n) is 24.4. The molecule has 1 atom stereocenters. The van der Waals surface area contributed by atoms with Crippen molar-refractivity contribution in [1.82, 2.24) is 4.31 Å².